The molecule has 9 heteroatoms. The highest BCUT2D eigenvalue weighted by Gasteiger charge is 2.39. The number of alkyl halides is 3. The molecule has 0 atom stereocenters. The lowest BCUT2D eigenvalue weighted by Crippen LogP contribution is -2.23. The minimum Gasteiger partial charge on any atom is -0.375 e. The molecule has 0 fully saturated rings. The van der Waals surface area contributed by atoms with Crippen LogP contribution in [0.5, 0.6) is 0 Å². The van der Waals surface area contributed by atoms with Gasteiger partial charge < -0.3 is 10.6 Å². The Morgan fingerprint density at radius 3 is 2.23 bits per heavy atom. The molecule has 0 unspecified atom stereocenters. The van der Waals surface area contributed by atoms with E-state index in [0.29, 0.717) is 11.8 Å². The van der Waals surface area contributed by atoms with Gasteiger partial charge in [-0.05, 0) is 54.1 Å². The van der Waals surface area contributed by atoms with Crippen molar-refractivity contribution in [3.05, 3.63) is 96.1 Å². The normalized spacial score (nSPS) is 11.9. The Morgan fingerprint density at radius 1 is 0.857 bits per heavy atom. The highest BCUT2D eigenvalue weighted by atomic mass is 32.2. The maximum absolute atomic E-state index is 13.8. The standard InChI is InChI=1S/C26H21F3N2O3S/c1-17-9-13-21(14-10-17)35(33,34)25-22(26(27,28)29)7-4-8-23(25)30-16-24(32)31-20-12-11-18-5-2-3-6-19(18)15-20/h2-15,30H,16H2,1H3,(H,31,32). The third-order valence-electron chi connectivity index (χ3n) is 5.39. The van der Waals surface area contributed by atoms with E-state index in [4.69, 9.17) is 0 Å². The number of halogens is 3. The molecule has 4 aromatic rings. The summed E-state index contributed by atoms with van der Waals surface area (Å²) in [5.74, 6) is -0.545. The van der Waals surface area contributed by atoms with Gasteiger partial charge >= 0.3 is 6.18 Å². The number of rotatable bonds is 6. The quantitative estimate of drug-likeness (QED) is 0.339. The Hall–Kier alpha value is -3.85. The summed E-state index contributed by atoms with van der Waals surface area (Å²) >= 11 is 0. The monoisotopic (exact) mass is 498 g/mol. The molecular formula is C26H21F3N2O3S. The molecule has 0 aliphatic carbocycles. The largest absolute Gasteiger partial charge is 0.417 e. The van der Waals surface area contributed by atoms with Gasteiger partial charge in [0.25, 0.3) is 0 Å². The van der Waals surface area contributed by atoms with Crippen LogP contribution in [-0.4, -0.2) is 20.9 Å². The molecule has 35 heavy (non-hydrogen) atoms. The van der Waals surface area contributed by atoms with Gasteiger partial charge in [-0.15, -0.1) is 0 Å². The van der Waals surface area contributed by atoms with Gasteiger partial charge in [0.2, 0.25) is 15.7 Å². The van der Waals surface area contributed by atoms with E-state index in [1.54, 1.807) is 19.1 Å². The summed E-state index contributed by atoms with van der Waals surface area (Å²) in [6, 6.07) is 21.4. The third-order valence-corrected chi connectivity index (χ3v) is 7.26. The minimum absolute atomic E-state index is 0.275. The first-order valence-corrected chi connectivity index (χ1v) is 12.1. The first-order valence-electron chi connectivity index (χ1n) is 10.6. The predicted molar refractivity (Wildman–Crippen MR) is 129 cm³/mol. The van der Waals surface area contributed by atoms with Crippen LogP contribution in [0.1, 0.15) is 11.1 Å². The molecule has 4 rings (SSSR count). The number of carbonyl (C=O) groups is 1. The highest BCUT2D eigenvalue weighted by molar-refractivity contribution is 7.91. The Morgan fingerprint density at radius 2 is 1.54 bits per heavy atom. The molecule has 0 spiro atoms. The van der Waals surface area contributed by atoms with Crippen molar-refractivity contribution in [2.75, 3.05) is 17.2 Å². The number of sulfone groups is 1. The maximum atomic E-state index is 13.8. The SMILES string of the molecule is Cc1ccc(S(=O)(=O)c2c(NCC(=O)Nc3ccc4ccccc4c3)cccc2C(F)(F)F)cc1. The minimum atomic E-state index is -4.92. The Balaban J connectivity index is 1.63. The van der Waals surface area contributed by atoms with Crippen molar-refractivity contribution < 1.29 is 26.4 Å². The summed E-state index contributed by atoms with van der Waals surface area (Å²) in [6.45, 7) is 1.30. The first kappa shape index (κ1) is 24.3. The van der Waals surface area contributed by atoms with Crippen LogP contribution in [0.3, 0.4) is 0 Å². The highest BCUT2D eigenvalue weighted by Crippen LogP contribution is 2.40. The number of hydrogen-bond acceptors (Lipinski definition) is 4. The fourth-order valence-electron chi connectivity index (χ4n) is 3.67. The maximum Gasteiger partial charge on any atom is 0.417 e. The molecule has 0 heterocycles. The van der Waals surface area contributed by atoms with Crippen LogP contribution in [0.25, 0.3) is 10.8 Å². The van der Waals surface area contributed by atoms with Crippen LogP contribution >= 0.6 is 0 Å². The average molecular weight is 499 g/mol. The molecule has 2 N–H and O–H groups in total. The van der Waals surface area contributed by atoms with Crippen LogP contribution in [0.2, 0.25) is 0 Å². The zero-order valence-electron chi connectivity index (χ0n) is 18.6. The molecule has 4 aromatic carbocycles. The second kappa shape index (κ2) is 9.42. The van der Waals surface area contributed by atoms with Gasteiger partial charge in [0.1, 0.15) is 4.90 Å². The molecule has 0 aromatic heterocycles. The van der Waals surface area contributed by atoms with Gasteiger partial charge in [-0.1, -0.05) is 54.1 Å². The third kappa shape index (κ3) is 5.30. The van der Waals surface area contributed by atoms with Crippen molar-refractivity contribution in [3.63, 3.8) is 0 Å². The number of amides is 1. The van der Waals surface area contributed by atoms with Crippen LogP contribution in [0.15, 0.2) is 94.7 Å². The number of fused-ring (bicyclic) bond motifs is 1. The van der Waals surface area contributed by atoms with Crippen LogP contribution in [0.4, 0.5) is 24.5 Å². The second-order valence-electron chi connectivity index (χ2n) is 7.96. The van der Waals surface area contributed by atoms with Crippen LogP contribution in [-0.2, 0) is 20.8 Å². The van der Waals surface area contributed by atoms with Crippen molar-refractivity contribution in [2.24, 2.45) is 0 Å². The predicted octanol–water partition coefficient (Wildman–Crippen LogP) is 6.05. The summed E-state index contributed by atoms with van der Waals surface area (Å²) in [5, 5.41) is 7.14. The lowest BCUT2D eigenvalue weighted by atomic mass is 10.1. The lowest BCUT2D eigenvalue weighted by molar-refractivity contribution is -0.139. The van der Waals surface area contributed by atoms with Gasteiger partial charge in [0, 0.05) is 5.69 Å². The van der Waals surface area contributed by atoms with E-state index in [1.807, 2.05) is 30.3 Å². The van der Waals surface area contributed by atoms with E-state index in [1.165, 1.54) is 30.3 Å². The van der Waals surface area contributed by atoms with Gasteiger partial charge in [0.05, 0.1) is 22.7 Å². The van der Waals surface area contributed by atoms with Crippen molar-refractivity contribution in [1.29, 1.82) is 0 Å². The van der Waals surface area contributed by atoms with E-state index in [2.05, 4.69) is 10.6 Å². The summed E-state index contributed by atoms with van der Waals surface area (Å²) in [5.41, 5.74) is -0.351. The molecule has 180 valence electrons. The summed E-state index contributed by atoms with van der Waals surface area (Å²) in [4.78, 5) is 11.3. The van der Waals surface area contributed by atoms with Gasteiger partial charge in [-0.25, -0.2) is 8.42 Å². The van der Waals surface area contributed by atoms with Gasteiger partial charge in [-0.2, -0.15) is 13.2 Å². The van der Waals surface area contributed by atoms with Gasteiger partial charge in [0.15, 0.2) is 0 Å². The molecular weight excluding hydrogens is 477 g/mol. The molecule has 0 bridgehead atoms. The van der Waals surface area contributed by atoms with E-state index >= 15 is 0 Å². The lowest BCUT2D eigenvalue weighted by Gasteiger charge is -2.18. The zero-order valence-corrected chi connectivity index (χ0v) is 19.4. The van der Waals surface area contributed by atoms with Crippen LogP contribution in [0, 0.1) is 6.92 Å². The first-order chi connectivity index (χ1) is 16.6. The Kier molecular flexibility index (Phi) is 6.53. The van der Waals surface area contributed by atoms with Crippen molar-refractivity contribution in [3.8, 4) is 0 Å². The van der Waals surface area contributed by atoms with Crippen LogP contribution < -0.4 is 10.6 Å². The van der Waals surface area contributed by atoms with Crippen molar-refractivity contribution in [1.82, 2.24) is 0 Å². The van der Waals surface area contributed by atoms with Crippen molar-refractivity contribution >= 4 is 37.9 Å². The molecule has 5 nitrogen and oxygen atoms in total. The van der Waals surface area contributed by atoms with E-state index in [0.717, 1.165) is 22.4 Å². The Labute approximate surface area is 200 Å². The fraction of sp³-hybridized carbons (Fsp3) is 0.115. The summed E-state index contributed by atoms with van der Waals surface area (Å²) < 4.78 is 67.8. The van der Waals surface area contributed by atoms with Crippen molar-refractivity contribution in [2.45, 2.75) is 22.9 Å². The number of aryl methyl sites for hydroxylation is 1. The topological polar surface area (TPSA) is 75.3 Å². The average Bonchev–Trinajstić information content (AvgIpc) is 2.82. The number of anilines is 2. The van der Waals surface area contributed by atoms with E-state index < -0.39 is 38.9 Å². The molecule has 0 saturated heterocycles. The number of nitrogens with one attached hydrogen (secondary N) is 2. The summed E-state index contributed by atoms with van der Waals surface area (Å²) in [6.07, 6.45) is -4.92. The van der Waals surface area contributed by atoms with E-state index in [9.17, 15) is 26.4 Å². The molecule has 0 aliphatic heterocycles. The molecule has 0 aliphatic rings. The molecule has 0 radical (unpaired) electrons. The number of benzene rings is 4. The second-order valence-corrected chi connectivity index (χ2v) is 9.85. The Bertz CT molecular complexity index is 1500. The molecule has 0 saturated carbocycles. The zero-order chi connectivity index (χ0) is 25.2. The van der Waals surface area contributed by atoms with E-state index in [-0.39, 0.29) is 10.6 Å². The number of carbonyl (C=O) groups excluding carboxylic acids is 1. The van der Waals surface area contributed by atoms with Gasteiger partial charge in [-0.3, -0.25) is 4.79 Å². The number of hydrogen-bond donors (Lipinski definition) is 2. The fourth-order valence-corrected chi connectivity index (χ4v) is 5.31. The molecule has 1 amide bonds. The smallest absolute Gasteiger partial charge is 0.375 e. The summed E-state index contributed by atoms with van der Waals surface area (Å²) in [7, 11) is -4.55.